The van der Waals surface area contributed by atoms with Crippen LogP contribution in [0.2, 0.25) is 0 Å². The highest BCUT2D eigenvalue weighted by atomic mass is 16.5. The number of amides is 1. The number of para-hydroxylation sites is 1. The van der Waals surface area contributed by atoms with E-state index in [1.165, 1.54) is 0 Å². The minimum absolute atomic E-state index is 0.177. The van der Waals surface area contributed by atoms with Gasteiger partial charge in [-0.2, -0.15) is 0 Å². The van der Waals surface area contributed by atoms with Gasteiger partial charge in [0.05, 0.1) is 20.8 Å². The van der Waals surface area contributed by atoms with Gasteiger partial charge >= 0.3 is 0 Å². The van der Waals surface area contributed by atoms with Crippen molar-refractivity contribution >= 4 is 16.8 Å². The van der Waals surface area contributed by atoms with Crippen molar-refractivity contribution in [2.24, 2.45) is 0 Å². The lowest BCUT2D eigenvalue weighted by molar-refractivity contribution is 0.0951. The first-order valence-electron chi connectivity index (χ1n) is 9.11. The lowest BCUT2D eigenvalue weighted by Crippen LogP contribution is -2.25. The van der Waals surface area contributed by atoms with Crippen LogP contribution in [0.5, 0.6) is 17.2 Å². The summed E-state index contributed by atoms with van der Waals surface area (Å²) in [5.74, 6) is 1.81. The van der Waals surface area contributed by atoms with E-state index < -0.39 is 0 Å². The molecule has 1 heterocycles. The Labute approximate surface area is 164 Å². The quantitative estimate of drug-likeness (QED) is 0.603. The van der Waals surface area contributed by atoms with Crippen LogP contribution in [0, 0.1) is 6.92 Å². The number of benzene rings is 2. The SMILES string of the molecule is COc1cc(C(=O)NCCCOc2cccc3cccnc23)cc(OC)c1C. The molecule has 0 radical (unpaired) electrons. The zero-order chi connectivity index (χ0) is 19.9. The van der Waals surface area contributed by atoms with Crippen molar-refractivity contribution < 1.29 is 19.0 Å². The summed E-state index contributed by atoms with van der Waals surface area (Å²) in [6.45, 7) is 2.87. The van der Waals surface area contributed by atoms with E-state index in [-0.39, 0.29) is 5.91 Å². The van der Waals surface area contributed by atoms with Crippen LogP contribution in [0.3, 0.4) is 0 Å². The van der Waals surface area contributed by atoms with E-state index in [1.54, 1.807) is 32.5 Å². The molecule has 1 amide bonds. The summed E-state index contributed by atoms with van der Waals surface area (Å²) < 4.78 is 16.5. The smallest absolute Gasteiger partial charge is 0.251 e. The average Bonchev–Trinajstić information content (AvgIpc) is 2.73. The average molecular weight is 380 g/mol. The van der Waals surface area contributed by atoms with E-state index in [0.717, 1.165) is 22.2 Å². The van der Waals surface area contributed by atoms with E-state index >= 15 is 0 Å². The number of aromatic nitrogens is 1. The summed E-state index contributed by atoms with van der Waals surface area (Å²) in [6, 6.07) is 13.2. The Kier molecular flexibility index (Phi) is 6.32. The molecule has 28 heavy (non-hydrogen) atoms. The van der Waals surface area contributed by atoms with Crippen LogP contribution in [0.1, 0.15) is 22.3 Å². The van der Waals surface area contributed by atoms with Gasteiger partial charge in [-0.05, 0) is 37.6 Å². The Balaban J connectivity index is 1.53. The Bertz CT molecular complexity index is 941. The molecular formula is C22H24N2O4. The highest BCUT2D eigenvalue weighted by molar-refractivity contribution is 5.95. The zero-order valence-electron chi connectivity index (χ0n) is 16.3. The molecule has 0 saturated carbocycles. The van der Waals surface area contributed by atoms with Crippen molar-refractivity contribution in [3.05, 3.63) is 59.8 Å². The molecule has 0 spiro atoms. The monoisotopic (exact) mass is 380 g/mol. The number of methoxy groups -OCH3 is 2. The van der Waals surface area contributed by atoms with E-state index in [2.05, 4.69) is 10.3 Å². The lowest BCUT2D eigenvalue weighted by atomic mass is 10.1. The first kappa shape index (κ1) is 19.5. The third-order valence-electron chi connectivity index (χ3n) is 4.47. The Morgan fingerprint density at radius 3 is 2.46 bits per heavy atom. The van der Waals surface area contributed by atoms with E-state index in [9.17, 15) is 4.79 Å². The molecule has 3 aromatic rings. The maximum atomic E-state index is 12.4. The van der Waals surface area contributed by atoms with Crippen molar-refractivity contribution in [1.29, 1.82) is 0 Å². The highest BCUT2D eigenvalue weighted by Crippen LogP contribution is 2.29. The van der Waals surface area contributed by atoms with Crippen LogP contribution >= 0.6 is 0 Å². The minimum atomic E-state index is -0.177. The summed E-state index contributed by atoms with van der Waals surface area (Å²) in [6.07, 6.45) is 2.43. The molecule has 0 aliphatic heterocycles. The number of nitrogens with zero attached hydrogens (tertiary/aromatic N) is 1. The van der Waals surface area contributed by atoms with E-state index in [1.807, 2.05) is 37.3 Å². The highest BCUT2D eigenvalue weighted by Gasteiger charge is 2.13. The van der Waals surface area contributed by atoms with Crippen LogP contribution in [0.15, 0.2) is 48.7 Å². The van der Waals surface area contributed by atoms with Gasteiger partial charge in [-0.3, -0.25) is 9.78 Å². The fourth-order valence-electron chi connectivity index (χ4n) is 2.97. The molecule has 0 bridgehead atoms. The maximum Gasteiger partial charge on any atom is 0.251 e. The first-order chi connectivity index (χ1) is 13.6. The number of fused-ring (bicyclic) bond motifs is 1. The van der Waals surface area contributed by atoms with E-state index in [4.69, 9.17) is 14.2 Å². The summed E-state index contributed by atoms with van der Waals surface area (Å²) in [5, 5.41) is 3.94. The van der Waals surface area contributed by atoms with Gasteiger partial charge in [-0.1, -0.05) is 18.2 Å². The Morgan fingerprint density at radius 1 is 1.04 bits per heavy atom. The van der Waals surface area contributed by atoms with Crippen LogP contribution in [0.25, 0.3) is 10.9 Å². The normalized spacial score (nSPS) is 10.5. The maximum absolute atomic E-state index is 12.4. The van der Waals surface area contributed by atoms with Crippen LogP contribution in [-0.4, -0.2) is 38.3 Å². The molecular weight excluding hydrogens is 356 g/mol. The Morgan fingerprint density at radius 2 is 1.75 bits per heavy atom. The van der Waals surface area contributed by atoms with Crippen molar-refractivity contribution in [3.8, 4) is 17.2 Å². The second-order valence-corrected chi connectivity index (χ2v) is 6.29. The number of carbonyl (C=O) groups is 1. The number of hydrogen-bond donors (Lipinski definition) is 1. The van der Waals surface area contributed by atoms with Crippen molar-refractivity contribution in [1.82, 2.24) is 10.3 Å². The molecule has 6 heteroatoms. The zero-order valence-corrected chi connectivity index (χ0v) is 16.3. The predicted octanol–water partition coefficient (Wildman–Crippen LogP) is 3.76. The summed E-state index contributed by atoms with van der Waals surface area (Å²) in [4.78, 5) is 16.8. The van der Waals surface area contributed by atoms with Crippen LogP contribution in [0.4, 0.5) is 0 Å². The molecule has 0 fully saturated rings. The van der Waals surface area contributed by atoms with Crippen molar-refractivity contribution in [2.75, 3.05) is 27.4 Å². The third kappa shape index (κ3) is 4.34. The van der Waals surface area contributed by atoms with Gasteiger partial charge in [0.1, 0.15) is 22.8 Å². The first-order valence-corrected chi connectivity index (χ1v) is 9.11. The Hall–Kier alpha value is -3.28. The molecule has 146 valence electrons. The number of ether oxygens (including phenoxy) is 3. The fraction of sp³-hybridized carbons (Fsp3) is 0.273. The number of carbonyl (C=O) groups excluding carboxylic acids is 1. The fourth-order valence-corrected chi connectivity index (χ4v) is 2.97. The lowest BCUT2D eigenvalue weighted by Gasteiger charge is -2.13. The largest absolute Gasteiger partial charge is 0.496 e. The summed E-state index contributed by atoms with van der Waals surface area (Å²) in [7, 11) is 3.14. The van der Waals surface area contributed by atoms with Crippen LogP contribution in [-0.2, 0) is 0 Å². The van der Waals surface area contributed by atoms with Gasteiger partial charge in [0.15, 0.2) is 0 Å². The van der Waals surface area contributed by atoms with Crippen molar-refractivity contribution in [2.45, 2.75) is 13.3 Å². The molecule has 6 nitrogen and oxygen atoms in total. The summed E-state index contributed by atoms with van der Waals surface area (Å²) in [5.41, 5.74) is 2.20. The van der Waals surface area contributed by atoms with Gasteiger partial charge in [0.2, 0.25) is 0 Å². The topological polar surface area (TPSA) is 69.7 Å². The molecule has 0 saturated heterocycles. The number of hydrogen-bond acceptors (Lipinski definition) is 5. The number of nitrogens with one attached hydrogen (secondary N) is 1. The molecule has 1 N–H and O–H groups in total. The van der Waals surface area contributed by atoms with Gasteiger partial charge in [-0.25, -0.2) is 0 Å². The second kappa shape index (κ2) is 9.08. The summed E-state index contributed by atoms with van der Waals surface area (Å²) >= 11 is 0. The molecule has 3 rings (SSSR count). The van der Waals surface area contributed by atoms with E-state index in [0.29, 0.717) is 36.6 Å². The van der Waals surface area contributed by atoms with Crippen molar-refractivity contribution in [3.63, 3.8) is 0 Å². The number of pyridine rings is 1. The van der Waals surface area contributed by atoms with Crippen LogP contribution < -0.4 is 19.5 Å². The molecule has 0 aliphatic carbocycles. The molecule has 1 aromatic heterocycles. The predicted molar refractivity (Wildman–Crippen MR) is 108 cm³/mol. The van der Waals surface area contributed by atoms with Gasteiger partial charge in [-0.15, -0.1) is 0 Å². The van der Waals surface area contributed by atoms with Gasteiger partial charge in [0.25, 0.3) is 5.91 Å². The standard InChI is InChI=1S/C22H24N2O4/c1-15-19(26-2)13-17(14-20(15)27-3)22(25)24-11-6-12-28-18-9-4-7-16-8-5-10-23-21(16)18/h4-5,7-10,13-14H,6,11-12H2,1-3H3,(H,24,25). The number of rotatable bonds is 8. The molecule has 0 atom stereocenters. The van der Waals surface area contributed by atoms with Gasteiger partial charge < -0.3 is 19.5 Å². The van der Waals surface area contributed by atoms with Gasteiger partial charge in [0, 0.05) is 29.3 Å². The molecule has 2 aromatic carbocycles. The minimum Gasteiger partial charge on any atom is -0.496 e. The molecule has 0 unspecified atom stereocenters. The molecule has 0 aliphatic rings. The third-order valence-corrected chi connectivity index (χ3v) is 4.47. The second-order valence-electron chi connectivity index (χ2n) is 6.29.